The SMILES string of the molecule is CCOP(=O)(CN1CCC(COC)CC1)OCC. The summed E-state index contributed by atoms with van der Waals surface area (Å²) in [6.07, 6.45) is 2.59. The molecule has 0 spiro atoms. The molecule has 0 aromatic heterocycles. The smallest absolute Gasteiger partial charge is 0.344 e. The molecule has 0 aliphatic carbocycles. The fourth-order valence-corrected chi connectivity index (χ4v) is 4.08. The molecular formula is C12H26NO4P. The van der Waals surface area contributed by atoms with Crippen LogP contribution in [-0.4, -0.2) is 51.2 Å². The summed E-state index contributed by atoms with van der Waals surface area (Å²) in [5.74, 6) is 0.629. The maximum Gasteiger partial charge on any atom is 0.344 e. The summed E-state index contributed by atoms with van der Waals surface area (Å²) in [5.41, 5.74) is 0. The molecule has 0 aromatic carbocycles. The van der Waals surface area contributed by atoms with Gasteiger partial charge in [-0.3, -0.25) is 9.46 Å². The fourth-order valence-electron chi connectivity index (χ4n) is 2.29. The average molecular weight is 279 g/mol. The molecule has 0 saturated carbocycles. The Morgan fingerprint density at radius 3 is 2.17 bits per heavy atom. The summed E-state index contributed by atoms with van der Waals surface area (Å²) in [5, 5.41) is 0. The normalized spacial score (nSPS) is 19.3. The molecule has 0 atom stereocenters. The van der Waals surface area contributed by atoms with Gasteiger partial charge in [-0.25, -0.2) is 0 Å². The number of hydrogen-bond donors (Lipinski definition) is 0. The van der Waals surface area contributed by atoms with Gasteiger partial charge in [0.1, 0.15) is 6.29 Å². The van der Waals surface area contributed by atoms with Gasteiger partial charge in [0.05, 0.1) is 13.2 Å². The van der Waals surface area contributed by atoms with Crippen molar-refractivity contribution in [1.29, 1.82) is 0 Å². The zero-order chi connectivity index (χ0) is 13.4. The topological polar surface area (TPSA) is 48.0 Å². The van der Waals surface area contributed by atoms with Gasteiger partial charge in [-0.1, -0.05) is 0 Å². The first-order valence-electron chi connectivity index (χ1n) is 6.73. The summed E-state index contributed by atoms with van der Waals surface area (Å²) in [7, 11) is -1.19. The molecule has 0 amide bonds. The van der Waals surface area contributed by atoms with E-state index in [9.17, 15) is 4.57 Å². The van der Waals surface area contributed by atoms with E-state index in [1.807, 2.05) is 13.8 Å². The molecule has 0 bridgehead atoms. The molecular weight excluding hydrogens is 253 g/mol. The summed E-state index contributed by atoms with van der Waals surface area (Å²) >= 11 is 0. The predicted molar refractivity (Wildman–Crippen MR) is 71.9 cm³/mol. The van der Waals surface area contributed by atoms with Crippen molar-refractivity contribution < 1.29 is 18.3 Å². The van der Waals surface area contributed by atoms with Crippen LogP contribution in [0.15, 0.2) is 0 Å². The Morgan fingerprint density at radius 1 is 1.17 bits per heavy atom. The molecule has 1 saturated heterocycles. The second-order valence-corrected chi connectivity index (χ2v) is 6.63. The van der Waals surface area contributed by atoms with Gasteiger partial charge < -0.3 is 13.8 Å². The van der Waals surface area contributed by atoms with Crippen molar-refractivity contribution in [1.82, 2.24) is 4.90 Å². The molecule has 0 radical (unpaired) electrons. The van der Waals surface area contributed by atoms with Crippen LogP contribution in [0.2, 0.25) is 0 Å². The molecule has 18 heavy (non-hydrogen) atoms. The Labute approximate surface area is 110 Å². The molecule has 1 fully saturated rings. The van der Waals surface area contributed by atoms with Gasteiger partial charge in [0, 0.05) is 13.7 Å². The van der Waals surface area contributed by atoms with E-state index in [4.69, 9.17) is 13.8 Å². The monoisotopic (exact) mass is 279 g/mol. The van der Waals surface area contributed by atoms with E-state index >= 15 is 0 Å². The molecule has 6 heteroatoms. The number of hydrogen-bond acceptors (Lipinski definition) is 5. The standard InChI is InChI=1S/C12H26NO4P/c1-4-16-18(14,17-5-2)11-13-8-6-12(7-9-13)10-15-3/h12H,4-11H2,1-3H3. The van der Waals surface area contributed by atoms with Crippen LogP contribution in [0.1, 0.15) is 26.7 Å². The highest BCUT2D eigenvalue weighted by atomic mass is 31.2. The molecule has 0 N–H and O–H groups in total. The molecule has 0 unspecified atom stereocenters. The van der Waals surface area contributed by atoms with Crippen molar-refractivity contribution in [2.75, 3.05) is 46.3 Å². The highest BCUT2D eigenvalue weighted by Gasteiger charge is 2.29. The first kappa shape index (κ1) is 16.1. The van der Waals surface area contributed by atoms with Crippen LogP contribution in [0, 0.1) is 5.92 Å². The number of methoxy groups -OCH3 is 1. The van der Waals surface area contributed by atoms with Crippen molar-refractivity contribution in [2.45, 2.75) is 26.7 Å². The minimum atomic E-state index is -2.93. The Balaban J connectivity index is 2.40. The highest BCUT2D eigenvalue weighted by molar-refractivity contribution is 7.53. The van der Waals surface area contributed by atoms with E-state index in [0.29, 0.717) is 25.4 Å². The van der Waals surface area contributed by atoms with Crippen molar-refractivity contribution in [3.05, 3.63) is 0 Å². The molecule has 108 valence electrons. The van der Waals surface area contributed by atoms with E-state index in [1.54, 1.807) is 7.11 Å². The van der Waals surface area contributed by atoms with Crippen LogP contribution in [0.25, 0.3) is 0 Å². The van der Waals surface area contributed by atoms with E-state index in [2.05, 4.69) is 4.90 Å². The molecule has 1 aliphatic heterocycles. The Hall–Kier alpha value is 0.0700. The lowest BCUT2D eigenvalue weighted by molar-refractivity contribution is 0.101. The molecule has 1 aliphatic rings. The summed E-state index contributed by atoms with van der Waals surface area (Å²) in [6.45, 7) is 7.25. The average Bonchev–Trinajstić information content (AvgIpc) is 2.32. The second-order valence-electron chi connectivity index (χ2n) is 4.60. The zero-order valence-corrected chi connectivity index (χ0v) is 12.7. The Morgan fingerprint density at radius 2 is 1.72 bits per heavy atom. The summed E-state index contributed by atoms with van der Waals surface area (Å²) in [4.78, 5) is 2.18. The maximum absolute atomic E-state index is 12.4. The summed E-state index contributed by atoms with van der Waals surface area (Å²) in [6, 6.07) is 0. The van der Waals surface area contributed by atoms with Crippen LogP contribution in [0.5, 0.6) is 0 Å². The van der Waals surface area contributed by atoms with Gasteiger partial charge in [0.2, 0.25) is 0 Å². The van der Waals surface area contributed by atoms with Crippen molar-refractivity contribution in [2.24, 2.45) is 5.92 Å². The zero-order valence-electron chi connectivity index (χ0n) is 11.8. The molecule has 0 aromatic rings. The van der Waals surface area contributed by atoms with Gasteiger partial charge >= 0.3 is 7.60 Å². The van der Waals surface area contributed by atoms with E-state index in [1.165, 1.54) is 0 Å². The van der Waals surface area contributed by atoms with Crippen molar-refractivity contribution >= 4 is 7.60 Å². The van der Waals surface area contributed by atoms with Gasteiger partial charge in [-0.05, 0) is 45.7 Å². The predicted octanol–water partition coefficient (Wildman–Crippen LogP) is 2.57. The Bertz CT molecular complexity index is 257. The molecule has 5 nitrogen and oxygen atoms in total. The summed E-state index contributed by atoms with van der Waals surface area (Å²) < 4.78 is 28.2. The van der Waals surface area contributed by atoms with Crippen LogP contribution in [0.3, 0.4) is 0 Å². The lowest BCUT2D eigenvalue weighted by Crippen LogP contribution is -2.36. The highest BCUT2D eigenvalue weighted by Crippen LogP contribution is 2.48. The Kier molecular flexibility index (Phi) is 7.42. The van der Waals surface area contributed by atoms with E-state index in [0.717, 1.165) is 32.5 Å². The molecule has 1 heterocycles. The third-order valence-electron chi connectivity index (χ3n) is 3.13. The van der Waals surface area contributed by atoms with Crippen LogP contribution >= 0.6 is 7.60 Å². The van der Waals surface area contributed by atoms with Crippen LogP contribution in [0.4, 0.5) is 0 Å². The van der Waals surface area contributed by atoms with Gasteiger partial charge in [-0.15, -0.1) is 0 Å². The number of likely N-dealkylation sites (tertiary alicyclic amines) is 1. The number of piperidine rings is 1. The number of ether oxygens (including phenoxy) is 1. The number of nitrogens with zero attached hydrogens (tertiary/aromatic N) is 1. The van der Waals surface area contributed by atoms with Gasteiger partial charge in [-0.2, -0.15) is 0 Å². The lowest BCUT2D eigenvalue weighted by atomic mass is 9.98. The maximum atomic E-state index is 12.4. The first-order chi connectivity index (χ1) is 8.63. The minimum absolute atomic E-state index is 0.411. The van der Waals surface area contributed by atoms with Crippen LogP contribution in [-0.2, 0) is 18.3 Å². The van der Waals surface area contributed by atoms with Crippen molar-refractivity contribution in [3.8, 4) is 0 Å². The number of rotatable bonds is 8. The third kappa shape index (κ3) is 5.37. The van der Waals surface area contributed by atoms with E-state index < -0.39 is 7.60 Å². The van der Waals surface area contributed by atoms with E-state index in [-0.39, 0.29) is 0 Å². The fraction of sp³-hybridized carbons (Fsp3) is 1.00. The van der Waals surface area contributed by atoms with Gasteiger partial charge in [0.15, 0.2) is 0 Å². The van der Waals surface area contributed by atoms with Crippen molar-refractivity contribution in [3.63, 3.8) is 0 Å². The third-order valence-corrected chi connectivity index (χ3v) is 5.18. The quantitative estimate of drug-likeness (QED) is 0.639. The van der Waals surface area contributed by atoms with Crippen LogP contribution < -0.4 is 0 Å². The minimum Gasteiger partial charge on any atom is -0.384 e. The lowest BCUT2D eigenvalue weighted by Gasteiger charge is -2.33. The first-order valence-corrected chi connectivity index (χ1v) is 8.45. The molecule has 1 rings (SSSR count). The largest absolute Gasteiger partial charge is 0.384 e. The van der Waals surface area contributed by atoms with Gasteiger partial charge in [0.25, 0.3) is 0 Å². The second kappa shape index (κ2) is 8.28.